The first-order valence-corrected chi connectivity index (χ1v) is 8.53. The summed E-state index contributed by atoms with van der Waals surface area (Å²) in [5.41, 5.74) is 6.27. The van der Waals surface area contributed by atoms with E-state index in [1.54, 1.807) is 18.2 Å². The highest BCUT2D eigenvalue weighted by Crippen LogP contribution is 2.17. The Bertz CT molecular complexity index is 822. The number of sulfone groups is 1. The molecular formula is C14H14ClN3O3S. The minimum absolute atomic E-state index is 0.0496. The molecule has 1 aromatic heterocycles. The standard InChI is InChI=1S/C14H14ClN3O3S/c1-22(20,21)12-5-3-2-4-9(12)7-18-14(19)11-6-10(15)8-17-13(11)16/h2-6,8H,7H2,1H3,(H2,16,17)(H,18,19). The van der Waals surface area contributed by atoms with Gasteiger partial charge in [-0.1, -0.05) is 29.8 Å². The van der Waals surface area contributed by atoms with E-state index in [-0.39, 0.29) is 27.8 Å². The molecule has 2 aromatic rings. The van der Waals surface area contributed by atoms with Crippen LogP contribution < -0.4 is 11.1 Å². The molecule has 0 aliphatic carbocycles. The lowest BCUT2D eigenvalue weighted by atomic mass is 10.2. The molecule has 0 saturated carbocycles. The Kier molecular flexibility index (Phi) is 4.68. The lowest BCUT2D eigenvalue weighted by Gasteiger charge is -2.10. The summed E-state index contributed by atoms with van der Waals surface area (Å²) < 4.78 is 23.4. The zero-order chi connectivity index (χ0) is 16.3. The van der Waals surface area contributed by atoms with Gasteiger partial charge >= 0.3 is 0 Å². The highest BCUT2D eigenvalue weighted by Gasteiger charge is 2.15. The van der Waals surface area contributed by atoms with E-state index >= 15 is 0 Å². The SMILES string of the molecule is CS(=O)(=O)c1ccccc1CNC(=O)c1cc(Cl)cnc1N. The predicted molar refractivity (Wildman–Crippen MR) is 84.4 cm³/mol. The normalized spacial score (nSPS) is 11.2. The van der Waals surface area contributed by atoms with E-state index < -0.39 is 15.7 Å². The van der Waals surface area contributed by atoms with Crippen molar-refractivity contribution in [2.24, 2.45) is 0 Å². The second-order valence-corrected chi connectivity index (χ2v) is 7.07. The van der Waals surface area contributed by atoms with Crippen molar-refractivity contribution < 1.29 is 13.2 Å². The molecule has 1 aromatic carbocycles. The first-order valence-electron chi connectivity index (χ1n) is 6.26. The summed E-state index contributed by atoms with van der Waals surface area (Å²) in [4.78, 5) is 16.1. The summed E-state index contributed by atoms with van der Waals surface area (Å²) in [7, 11) is -3.37. The second kappa shape index (κ2) is 6.33. The molecule has 6 nitrogen and oxygen atoms in total. The molecule has 0 radical (unpaired) electrons. The van der Waals surface area contributed by atoms with Gasteiger partial charge in [-0.05, 0) is 17.7 Å². The third-order valence-electron chi connectivity index (χ3n) is 2.94. The number of carbonyl (C=O) groups is 1. The van der Waals surface area contributed by atoms with Crippen molar-refractivity contribution in [3.05, 3.63) is 52.7 Å². The molecule has 1 heterocycles. The van der Waals surface area contributed by atoms with Gasteiger partial charge in [0.2, 0.25) is 0 Å². The van der Waals surface area contributed by atoms with E-state index in [0.717, 1.165) is 6.26 Å². The maximum absolute atomic E-state index is 12.1. The summed E-state index contributed by atoms with van der Waals surface area (Å²) in [6, 6.07) is 7.86. The maximum Gasteiger partial charge on any atom is 0.255 e. The lowest BCUT2D eigenvalue weighted by molar-refractivity contribution is 0.0951. The number of anilines is 1. The van der Waals surface area contributed by atoms with Crippen LogP contribution in [0.1, 0.15) is 15.9 Å². The second-order valence-electron chi connectivity index (χ2n) is 4.65. The van der Waals surface area contributed by atoms with Crippen LogP contribution in [-0.2, 0) is 16.4 Å². The molecule has 0 fully saturated rings. The number of pyridine rings is 1. The van der Waals surface area contributed by atoms with Crippen LogP contribution in [0.5, 0.6) is 0 Å². The summed E-state index contributed by atoms with van der Waals surface area (Å²) in [6.07, 6.45) is 2.46. The van der Waals surface area contributed by atoms with Crippen LogP contribution in [0.25, 0.3) is 0 Å². The lowest BCUT2D eigenvalue weighted by Crippen LogP contribution is -2.25. The Labute approximate surface area is 133 Å². The number of nitrogens with one attached hydrogen (secondary N) is 1. The van der Waals surface area contributed by atoms with Gasteiger partial charge in [-0.3, -0.25) is 4.79 Å². The summed E-state index contributed by atoms with van der Waals surface area (Å²) in [5.74, 6) is -0.422. The molecule has 0 aliphatic rings. The van der Waals surface area contributed by atoms with Crippen molar-refractivity contribution in [2.45, 2.75) is 11.4 Å². The molecule has 3 N–H and O–H groups in total. The van der Waals surface area contributed by atoms with Gasteiger partial charge in [0.15, 0.2) is 9.84 Å². The zero-order valence-corrected chi connectivity index (χ0v) is 13.3. The molecule has 0 atom stereocenters. The van der Waals surface area contributed by atoms with E-state index in [1.807, 2.05) is 0 Å². The Balaban J connectivity index is 2.21. The fourth-order valence-electron chi connectivity index (χ4n) is 1.91. The van der Waals surface area contributed by atoms with Crippen molar-refractivity contribution in [1.82, 2.24) is 10.3 Å². The fourth-order valence-corrected chi connectivity index (χ4v) is 3.01. The van der Waals surface area contributed by atoms with Gasteiger partial charge in [0.25, 0.3) is 5.91 Å². The molecule has 0 saturated heterocycles. The molecule has 0 aliphatic heterocycles. The molecule has 0 bridgehead atoms. The maximum atomic E-state index is 12.1. The summed E-state index contributed by atoms with van der Waals surface area (Å²) in [5, 5.41) is 2.90. The van der Waals surface area contributed by atoms with Gasteiger partial charge in [-0.25, -0.2) is 13.4 Å². The van der Waals surface area contributed by atoms with E-state index in [2.05, 4.69) is 10.3 Å². The number of aromatic nitrogens is 1. The van der Waals surface area contributed by atoms with Crippen molar-refractivity contribution in [1.29, 1.82) is 0 Å². The minimum atomic E-state index is -3.37. The molecule has 0 unspecified atom stereocenters. The third-order valence-corrected chi connectivity index (χ3v) is 4.35. The van der Waals surface area contributed by atoms with Crippen LogP contribution in [0, 0.1) is 0 Å². The number of carbonyl (C=O) groups excluding carboxylic acids is 1. The van der Waals surface area contributed by atoms with Gasteiger partial charge < -0.3 is 11.1 Å². The topological polar surface area (TPSA) is 102 Å². The highest BCUT2D eigenvalue weighted by atomic mass is 35.5. The van der Waals surface area contributed by atoms with Crippen LogP contribution >= 0.6 is 11.6 Å². The van der Waals surface area contributed by atoms with E-state index in [9.17, 15) is 13.2 Å². The van der Waals surface area contributed by atoms with Gasteiger partial charge in [0.05, 0.1) is 15.5 Å². The monoisotopic (exact) mass is 339 g/mol. The van der Waals surface area contributed by atoms with Crippen LogP contribution in [0.4, 0.5) is 5.82 Å². The van der Waals surface area contributed by atoms with E-state index in [0.29, 0.717) is 5.56 Å². The molecular weight excluding hydrogens is 326 g/mol. The van der Waals surface area contributed by atoms with Crippen molar-refractivity contribution in [3.8, 4) is 0 Å². The first-order chi connectivity index (χ1) is 10.3. The smallest absolute Gasteiger partial charge is 0.255 e. The van der Waals surface area contributed by atoms with Crippen molar-refractivity contribution in [2.75, 3.05) is 12.0 Å². The average Bonchev–Trinajstić information content (AvgIpc) is 2.46. The number of amides is 1. The van der Waals surface area contributed by atoms with Crippen molar-refractivity contribution in [3.63, 3.8) is 0 Å². The molecule has 8 heteroatoms. The van der Waals surface area contributed by atoms with Gasteiger partial charge in [0.1, 0.15) is 5.82 Å². The number of rotatable bonds is 4. The fraction of sp³-hybridized carbons (Fsp3) is 0.143. The largest absolute Gasteiger partial charge is 0.383 e. The minimum Gasteiger partial charge on any atom is -0.383 e. The van der Waals surface area contributed by atoms with Crippen molar-refractivity contribution >= 4 is 33.2 Å². The third kappa shape index (κ3) is 3.75. The van der Waals surface area contributed by atoms with Crippen LogP contribution in [-0.4, -0.2) is 25.6 Å². The average molecular weight is 340 g/mol. The number of nitrogens with zero attached hydrogens (tertiary/aromatic N) is 1. The number of benzene rings is 1. The number of nitrogens with two attached hydrogens (primary N) is 1. The molecule has 0 spiro atoms. The van der Waals surface area contributed by atoms with E-state index in [1.165, 1.54) is 18.3 Å². The van der Waals surface area contributed by atoms with Crippen LogP contribution in [0.3, 0.4) is 0 Å². The summed E-state index contributed by atoms with van der Waals surface area (Å²) in [6.45, 7) is 0.0496. The quantitative estimate of drug-likeness (QED) is 0.881. The first kappa shape index (κ1) is 16.3. The van der Waals surface area contributed by atoms with E-state index in [4.69, 9.17) is 17.3 Å². The van der Waals surface area contributed by atoms with Gasteiger partial charge in [-0.2, -0.15) is 0 Å². The number of halogens is 1. The van der Waals surface area contributed by atoms with Crippen LogP contribution in [0.15, 0.2) is 41.4 Å². The molecule has 116 valence electrons. The zero-order valence-electron chi connectivity index (χ0n) is 11.7. The summed E-state index contributed by atoms with van der Waals surface area (Å²) >= 11 is 5.79. The number of hydrogen-bond donors (Lipinski definition) is 2. The Morgan fingerprint density at radius 1 is 1.36 bits per heavy atom. The highest BCUT2D eigenvalue weighted by molar-refractivity contribution is 7.90. The Morgan fingerprint density at radius 2 is 2.05 bits per heavy atom. The molecule has 2 rings (SSSR count). The van der Waals surface area contributed by atoms with Crippen LogP contribution in [0.2, 0.25) is 5.02 Å². The molecule has 1 amide bonds. The predicted octanol–water partition coefficient (Wildman–Crippen LogP) is 1.65. The van der Waals surface area contributed by atoms with Gasteiger partial charge in [-0.15, -0.1) is 0 Å². The number of nitrogen functional groups attached to an aromatic ring is 1. The molecule has 22 heavy (non-hydrogen) atoms. The Hall–Kier alpha value is -2.12. The van der Waals surface area contributed by atoms with Gasteiger partial charge in [0, 0.05) is 19.0 Å². The Morgan fingerprint density at radius 3 is 2.73 bits per heavy atom. The number of hydrogen-bond acceptors (Lipinski definition) is 5.